The molecule has 3 aromatic rings. The molecular weight excluding hydrogens is 412 g/mol. The molecule has 4 rings (SSSR count). The Morgan fingerprint density at radius 1 is 1.16 bits per heavy atom. The van der Waals surface area contributed by atoms with Crippen molar-refractivity contribution < 1.29 is 13.6 Å². The number of halogens is 2. The highest BCUT2D eigenvalue weighted by Crippen LogP contribution is 2.34. The highest BCUT2D eigenvalue weighted by Gasteiger charge is 2.33. The molecule has 1 fully saturated rings. The third kappa shape index (κ3) is 4.64. The fraction of sp³-hybridized carbons (Fsp3) is 0.375. The third-order valence-electron chi connectivity index (χ3n) is 5.86. The molecule has 1 N–H and O–H groups in total. The number of hydrogen-bond acceptors (Lipinski definition) is 4. The van der Waals surface area contributed by atoms with E-state index in [2.05, 4.69) is 15.4 Å². The van der Waals surface area contributed by atoms with Crippen LogP contribution in [0.1, 0.15) is 40.7 Å². The van der Waals surface area contributed by atoms with Crippen LogP contribution in [-0.2, 0) is 7.05 Å². The summed E-state index contributed by atoms with van der Waals surface area (Å²) in [6.07, 6.45) is 5.22. The van der Waals surface area contributed by atoms with Gasteiger partial charge in [-0.3, -0.25) is 9.48 Å². The predicted octanol–water partition coefficient (Wildman–Crippen LogP) is 4.98. The van der Waals surface area contributed by atoms with Gasteiger partial charge in [-0.25, -0.2) is 13.8 Å². The second-order valence-electron chi connectivity index (χ2n) is 8.42. The lowest BCUT2D eigenvalue weighted by molar-refractivity contribution is -0.0102. The average Bonchev–Trinajstić information content (AvgIpc) is 3.07. The van der Waals surface area contributed by atoms with Gasteiger partial charge in [0.15, 0.2) is 0 Å². The van der Waals surface area contributed by atoms with Gasteiger partial charge >= 0.3 is 0 Å². The first-order valence-corrected chi connectivity index (χ1v) is 10.7. The number of carbonyl (C=O) groups excluding carboxylic acids is 1. The molecule has 0 aliphatic carbocycles. The summed E-state index contributed by atoms with van der Waals surface area (Å²) in [5.41, 5.74) is 4.47. The van der Waals surface area contributed by atoms with E-state index in [4.69, 9.17) is 0 Å². The quantitative estimate of drug-likeness (QED) is 0.623. The Labute approximate surface area is 186 Å². The Balaban J connectivity index is 1.77. The van der Waals surface area contributed by atoms with E-state index in [1.165, 1.54) is 0 Å². The van der Waals surface area contributed by atoms with Crippen molar-refractivity contribution in [2.45, 2.75) is 39.0 Å². The van der Waals surface area contributed by atoms with Gasteiger partial charge < -0.3 is 10.2 Å². The van der Waals surface area contributed by atoms with Gasteiger partial charge in [0, 0.05) is 62.2 Å². The zero-order valence-corrected chi connectivity index (χ0v) is 18.5. The van der Waals surface area contributed by atoms with Gasteiger partial charge in [0.1, 0.15) is 5.82 Å². The van der Waals surface area contributed by atoms with E-state index in [9.17, 15) is 13.6 Å². The maximum absolute atomic E-state index is 14.0. The van der Waals surface area contributed by atoms with Crippen LogP contribution >= 0.6 is 0 Å². The number of aryl methyl sites for hydroxylation is 2. The van der Waals surface area contributed by atoms with Crippen molar-refractivity contribution in [1.29, 1.82) is 0 Å². The average molecular weight is 440 g/mol. The minimum Gasteiger partial charge on any atom is -0.356 e. The summed E-state index contributed by atoms with van der Waals surface area (Å²) in [4.78, 5) is 19.9. The van der Waals surface area contributed by atoms with Crippen molar-refractivity contribution in [2.75, 3.05) is 23.3 Å². The SMILES string of the molecule is Cc1cccc(NC(=O)c2c(N3CCCC(F)(F)CC3)ncc(-c3cnn(C)c3)c2C)c1. The summed E-state index contributed by atoms with van der Waals surface area (Å²) in [5, 5.41) is 7.18. The molecule has 1 saturated heterocycles. The van der Waals surface area contributed by atoms with Crippen LogP contribution in [0.2, 0.25) is 0 Å². The first-order chi connectivity index (χ1) is 15.2. The highest BCUT2D eigenvalue weighted by molar-refractivity contribution is 6.09. The lowest BCUT2D eigenvalue weighted by atomic mass is 9.99. The zero-order valence-electron chi connectivity index (χ0n) is 18.5. The Kier molecular flexibility index (Phi) is 5.95. The molecule has 1 aliphatic heterocycles. The van der Waals surface area contributed by atoms with Crippen LogP contribution in [-0.4, -0.2) is 39.7 Å². The smallest absolute Gasteiger partial charge is 0.259 e. The number of anilines is 2. The van der Waals surface area contributed by atoms with Gasteiger partial charge in [0.25, 0.3) is 5.91 Å². The number of carbonyl (C=O) groups is 1. The maximum Gasteiger partial charge on any atom is 0.259 e. The number of aromatic nitrogens is 3. The number of amides is 1. The van der Waals surface area contributed by atoms with Crippen LogP contribution in [0.15, 0.2) is 42.9 Å². The molecule has 0 unspecified atom stereocenters. The van der Waals surface area contributed by atoms with Gasteiger partial charge in [0.05, 0.1) is 11.8 Å². The highest BCUT2D eigenvalue weighted by atomic mass is 19.3. The molecule has 8 heteroatoms. The van der Waals surface area contributed by atoms with Gasteiger partial charge in [-0.1, -0.05) is 12.1 Å². The summed E-state index contributed by atoms with van der Waals surface area (Å²) in [6.45, 7) is 4.40. The first-order valence-electron chi connectivity index (χ1n) is 10.7. The summed E-state index contributed by atoms with van der Waals surface area (Å²) < 4.78 is 29.6. The van der Waals surface area contributed by atoms with E-state index in [0.29, 0.717) is 30.0 Å². The first kappa shape index (κ1) is 21.9. The monoisotopic (exact) mass is 439 g/mol. The van der Waals surface area contributed by atoms with E-state index in [1.54, 1.807) is 17.1 Å². The summed E-state index contributed by atoms with van der Waals surface area (Å²) >= 11 is 0. The van der Waals surface area contributed by atoms with Crippen molar-refractivity contribution in [3.63, 3.8) is 0 Å². The standard InChI is InChI=1S/C24H27F2N5O/c1-16-6-4-7-19(12-16)29-23(32)21-17(2)20(18-13-28-30(3)15-18)14-27-22(21)31-10-5-8-24(25,26)9-11-31/h4,6-7,12-15H,5,8-11H2,1-3H3,(H,29,32). The van der Waals surface area contributed by atoms with E-state index in [-0.39, 0.29) is 25.3 Å². The summed E-state index contributed by atoms with van der Waals surface area (Å²) in [5.74, 6) is -2.56. The Morgan fingerprint density at radius 3 is 2.69 bits per heavy atom. The van der Waals surface area contributed by atoms with Crippen LogP contribution in [0.5, 0.6) is 0 Å². The molecule has 2 aromatic heterocycles. The van der Waals surface area contributed by atoms with Crippen molar-refractivity contribution in [2.24, 2.45) is 7.05 Å². The van der Waals surface area contributed by atoms with Crippen LogP contribution in [0.4, 0.5) is 20.3 Å². The molecule has 3 heterocycles. The molecule has 0 spiro atoms. The van der Waals surface area contributed by atoms with Crippen LogP contribution in [0, 0.1) is 13.8 Å². The lowest BCUT2D eigenvalue weighted by Gasteiger charge is -2.25. The molecule has 168 valence electrons. The Hall–Kier alpha value is -3.29. The molecule has 0 radical (unpaired) electrons. The molecule has 0 saturated carbocycles. The molecule has 32 heavy (non-hydrogen) atoms. The Morgan fingerprint density at radius 2 is 1.97 bits per heavy atom. The fourth-order valence-electron chi connectivity index (χ4n) is 4.14. The predicted molar refractivity (Wildman–Crippen MR) is 121 cm³/mol. The van der Waals surface area contributed by atoms with Crippen LogP contribution < -0.4 is 10.2 Å². The van der Waals surface area contributed by atoms with Crippen molar-refractivity contribution in [3.05, 3.63) is 59.5 Å². The number of pyridine rings is 1. The second kappa shape index (κ2) is 8.68. The van der Waals surface area contributed by atoms with Crippen molar-refractivity contribution in [1.82, 2.24) is 14.8 Å². The molecular formula is C24H27F2N5O. The largest absolute Gasteiger partial charge is 0.356 e. The molecule has 1 aromatic carbocycles. The maximum atomic E-state index is 14.0. The lowest BCUT2D eigenvalue weighted by Crippen LogP contribution is -2.30. The number of benzene rings is 1. The number of hydrogen-bond donors (Lipinski definition) is 1. The van der Waals surface area contributed by atoms with Gasteiger partial charge in [-0.15, -0.1) is 0 Å². The second-order valence-corrected chi connectivity index (χ2v) is 8.42. The Bertz CT molecular complexity index is 1140. The summed E-state index contributed by atoms with van der Waals surface area (Å²) in [6, 6.07) is 7.54. The van der Waals surface area contributed by atoms with E-state index in [0.717, 1.165) is 22.3 Å². The van der Waals surface area contributed by atoms with Gasteiger partial charge in [0.2, 0.25) is 5.92 Å². The van der Waals surface area contributed by atoms with E-state index < -0.39 is 5.92 Å². The van der Waals surface area contributed by atoms with E-state index in [1.807, 2.05) is 56.3 Å². The minimum atomic E-state index is -2.69. The molecule has 1 aliphatic rings. The normalized spacial score (nSPS) is 16.0. The molecule has 0 atom stereocenters. The van der Waals surface area contributed by atoms with Crippen molar-refractivity contribution in [3.8, 4) is 11.1 Å². The minimum absolute atomic E-state index is 0.149. The van der Waals surface area contributed by atoms with Gasteiger partial charge in [-0.05, 0) is 43.5 Å². The third-order valence-corrected chi connectivity index (χ3v) is 5.86. The van der Waals surface area contributed by atoms with E-state index >= 15 is 0 Å². The fourth-order valence-corrected chi connectivity index (χ4v) is 4.14. The molecule has 6 nitrogen and oxygen atoms in total. The van der Waals surface area contributed by atoms with Gasteiger partial charge in [-0.2, -0.15) is 5.10 Å². The topological polar surface area (TPSA) is 63.1 Å². The number of nitrogens with one attached hydrogen (secondary N) is 1. The van der Waals surface area contributed by atoms with Crippen molar-refractivity contribution >= 4 is 17.4 Å². The molecule has 1 amide bonds. The van der Waals surface area contributed by atoms with Crippen LogP contribution in [0.3, 0.4) is 0 Å². The zero-order chi connectivity index (χ0) is 22.9. The number of rotatable bonds is 4. The number of nitrogens with zero attached hydrogens (tertiary/aromatic N) is 4. The van der Waals surface area contributed by atoms with Crippen LogP contribution in [0.25, 0.3) is 11.1 Å². The number of alkyl halides is 2. The molecule has 0 bridgehead atoms. The summed E-state index contributed by atoms with van der Waals surface area (Å²) in [7, 11) is 1.82.